The van der Waals surface area contributed by atoms with Gasteiger partial charge in [0.15, 0.2) is 0 Å². The third-order valence-electron chi connectivity index (χ3n) is 2.63. The molecule has 0 aliphatic carbocycles. The zero-order chi connectivity index (χ0) is 13.4. The summed E-state index contributed by atoms with van der Waals surface area (Å²) in [7, 11) is 0. The first-order valence-electron chi connectivity index (χ1n) is 6.62. The maximum absolute atomic E-state index is 5.85. The molecule has 0 N–H and O–H groups in total. The van der Waals surface area contributed by atoms with Gasteiger partial charge in [-0.1, -0.05) is 51.1 Å². The van der Waals surface area contributed by atoms with Gasteiger partial charge < -0.3 is 4.74 Å². The molecule has 1 heteroatoms. The summed E-state index contributed by atoms with van der Waals surface area (Å²) >= 11 is 0. The highest BCUT2D eigenvalue weighted by Gasteiger charge is 2.01. The van der Waals surface area contributed by atoms with Crippen molar-refractivity contribution in [3.8, 4) is 11.5 Å². The Labute approximate surface area is 110 Å². The molecule has 1 nitrogen and oxygen atoms in total. The number of benzene rings is 2. The van der Waals surface area contributed by atoms with E-state index in [2.05, 4.69) is 32.0 Å². The lowest BCUT2D eigenvalue weighted by Crippen LogP contribution is -1.89. The lowest BCUT2D eigenvalue weighted by molar-refractivity contribution is 0.478. The quantitative estimate of drug-likeness (QED) is 0.702. The molecule has 0 radical (unpaired) electrons. The van der Waals surface area contributed by atoms with Gasteiger partial charge in [0.2, 0.25) is 0 Å². The molecule has 0 bridgehead atoms. The Morgan fingerprint density at radius 1 is 0.944 bits per heavy atom. The summed E-state index contributed by atoms with van der Waals surface area (Å²) in [6.07, 6.45) is 1.03. The van der Waals surface area contributed by atoms with Crippen LogP contribution in [0.4, 0.5) is 0 Å². The van der Waals surface area contributed by atoms with Crippen LogP contribution in [0.1, 0.15) is 31.9 Å². The van der Waals surface area contributed by atoms with E-state index < -0.39 is 0 Å². The summed E-state index contributed by atoms with van der Waals surface area (Å²) in [6, 6.07) is 16.3. The lowest BCUT2D eigenvalue weighted by atomic mass is 10.1. The van der Waals surface area contributed by atoms with Crippen molar-refractivity contribution in [2.75, 3.05) is 0 Å². The topological polar surface area (TPSA) is 9.23 Å². The highest BCUT2D eigenvalue weighted by molar-refractivity contribution is 5.40. The summed E-state index contributed by atoms with van der Waals surface area (Å²) in [4.78, 5) is 0. The van der Waals surface area contributed by atoms with E-state index in [9.17, 15) is 0 Å². The van der Waals surface area contributed by atoms with Crippen LogP contribution in [0, 0.1) is 6.92 Å². The Hall–Kier alpha value is -1.76. The fourth-order valence-electron chi connectivity index (χ4n) is 1.59. The Balaban J connectivity index is 0.000000771. The van der Waals surface area contributed by atoms with Gasteiger partial charge in [-0.15, -0.1) is 0 Å². The van der Waals surface area contributed by atoms with Crippen LogP contribution in [0.25, 0.3) is 0 Å². The van der Waals surface area contributed by atoms with Crippen molar-refractivity contribution in [3.63, 3.8) is 0 Å². The van der Waals surface area contributed by atoms with Crippen molar-refractivity contribution in [1.29, 1.82) is 0 Å². The molecule has 2 aromatic carbocycles. The fraction of sp³-hybridized carbons (Fsp3) is 0.294. The number of ether oxygens (including phenoxy) is 1. The molecule has 2 rings (SSSR count). The van der Waals surface area contributed by atoms with E-state index in [0.29, 0.717) is 0 Å². The maximum atomic E-state index is 5.85. The largest absolute Gasteiger partial charge is 0.457 e. The lowest BCUT2D eigenvalue weighted by Gasteiger charge is -2.09. The number of hydrogen-bond acceptors (Lipinski definition) is 1. The number of hydrogen-bond donors (Lipinski definition) is 0. The molecular weight excluding hydrogens is 220 g/mol. The number of para-hydroxylation sites is 1. The summed E-state index contributed by atoms with van der Waals surface area (Å²) in [5.74, 6) is 1.84. The minimum absolute atomic E-state index is 0.888. The van der Waals surface area contributed by atoms with E-state index in [4.69, 9.17) is 4.74 Å². The molecule has 0 saturated heterocycles. The minimum atomic E-state index is 0.888. The Morgan fingerprint density at radius 3 is 2.22 bits per heavy atom. The van der Waals surface area contributed by atoms with Gasteiger partial charge in [-0.2, -0.15) is 0 Å². The van der Waals surface area contributed by atoms with Gasteiger partial charge in [-0.25, -0.2) is 0 Å². The monoisotopic (exact) mass is 242 g/mol. The predicted molar refractivity (Wildman–Crippen MR) is 78.4 cm³/mol. The van der Waals surface area contributed by atoms with E-state index in [-0.39, 0.29) is 0 Å². The van der Waals surface area contributed by atoms with Crippen LogP contribution in [-0.2, 0) is 6.42 Å². The van der Waals surface area contributed by atoms with Crippen molar-refractivity contribution in [1.82, 2.24) is 0 Å². The van der Waals surface area contributed by atoms with Crippen LogP contribution < -0.4 is 4.74 Å². The maximum Gasteiger partial charge on any atom is 0.130 e. The van der Waals surface area contributed by atoms with E-state index >= 15 is 0 Å². The predicted octanol–water partition coefficient (Wildman–Crippen LogP) is 5.38. The van der Waals surface area contributed by atoms with E-state index in [1.807, 2.05) is 44.2 Å². The summed E-state index contributed by atoms with van der Waals surface area (Å²) in [5.41, 5.74) is 2.47. The van der Waals surface area contributed by atoms with Crippen LogP contribution in [0.3, 0.4) is 0 Å². The number of aryl methyl sites for hydroxylation is 2. The molecule has 0 amide bonds. The Kier molecular flexibility index (Phi) is 5.99. The van der Waals surface area contributed by atoms with Gasteiger partial charge in [0.05, 0.1) is 0 Å². The van der Waals surface area contributed by atoms with Crippen molar-refractivity contribution in [2.45, 2.75) is 34.1 Å². The van der Waals surface area contributed by atoms with E-state index in [0.717, 1.165) is 17.9 Å². The van der Waals surface area contributed by atoms with Crippen LogP contribution in [0.2, 0.25) is 0 Å². The van der Waals surface area contributed by atoms with Crippen LogP contribution in [-0.4, -0.2) is 0 Å². The molecule has 0 aliphatic heterocycles. The highest BCUT2D eigenvalue weighted by atomic mass is 16.5. The zero-order valence-corrected chi connectivity index (χ0v) is 11.7. The molecule has 0 fully saturated rings. The fourth-order valence-corrected chi connectivity index (χ4v) is 1.59. The van der Waals surface area contributed by atoms with Gasteiger partial charge in [-0.3, -0.25) is 0 Å². The first-order valence-corrected chi connectivity index (χ1v) is 6.62. The van der Waals surface area contributed by atoms with E-state index in [1.54, 1.807) is 0 Å². The average molecular weight is 242 g/mol. The molecule has 0 aromatic heterocycles. The Morgan fingerprint density at radius 2 is 1.61 bits per heavy atom. The molecule has 0 atom stereocenters. The molecule has 0 spiro atoms. The van der Waals surface area contributed by atoms with Gasteiger partial charge in [0, 0.05) is 0 Å². The first kappa shape index (κ1) is 14.3. The number of rotatable bonds is 3. The minimum Gasteiger partial charge on any atom is -0.457 e. The second-order valence-corrected chi connectivity index (χ2v) is 3.87. The highest BCUT2D eigenvalue weighted by Crippen LogP contribution is 2.25. The smallest absolute Gasteiger partial charge is 0.130 e. The normalized spacial score (nSPS) is 9.33. The summed E-state index contributed by atoms with van der Waals surface area (Å²) < 4.78 is 5.85. The van der Waals surface area contributed by atoms with E-state index in [1.165, 1.54) is 11.1 Å². The van der Waals surface area contributed by atoms with Crippen molar-refractivity contribution >= 4 is 0 Å². The third-order valence-corrected chi connectivity index (χ3v) is 2.63. The second-order valence-electron chi connectivity index (χ2n) is 3.87. The first-order chi connectivity index (χ1) is 8.79. The molecule has 0 saturated carbocycles. The Bertz CT molecular complexity index is 460. The molecule has 2 aromatic rings. The molecule has 18 heavy (non-hydrogen) atoms. The molecular formula is C17H22O. The van der Waals surface area contributed by atoms with Gasteiger partial charge >= 0.3 is 0 Å². The summed E-state index contributed by atoms with van der Waals surface area (Å²) in [5, 5.41) is 0. The van der Waals surface area contributed by atoms with Gasteiger partial charge in [-0.05, 0) is 42.7 Å². The van der Waals surface area contributed by atoms with Crippen LogP contribution in [0.15, 0.2) is 48.5 Å². The SMILES string of the molecule is CC.CCc1ccc(C)c(Oc2ccccc2)c1. The van der Waals surface area contributed by atoms with Crippen LogP contribution >= 0.6 is 0 Å². The molecule has 0 aliphatic rings. The molecule has 0 heterocycles. The van der Waals surface area contributed by atoms with Crippen LogP contribution in [0.5, 0.6) is 11.5 Å². The zero-order valence-electron chi connectivity index (χ0n) is 11.7. The summed E-state index contributed by atoms with van der Waals surface area (Å²) in [6.45, 7) is 8.22. The van der Waals surface area contributed by atoms with Crippen molar-refractivity contribution < 1.29 is 4.74 Å². The standard InChI is InChI=1S/C15H16O.C2H6/c1-3-13-10-9-12(2)15(11-13)16-14-7-5-4-6-8-14;1-2/h4-11H,3H2,1-2H3;1-2H3. The average Bonchev–Trinajstić information content (AvgIpc) is 2.45. The molecule has 0 unspecified atom stereocenters. The van der Waals surface area contributed by atoms with Crippen molar-refractivity contribution in [2.24, 2.45) is 0 Å². The van der Waals surface area contributed by atoms with Crippen molar-refractivity contribution in [3.05, 3.63) is 59.7 Å². The van der Waals surface area contributed by atoms with Gasteiger partial charge in [0.1, 0.15) is 11.5 Å². The third kappa shape index (κ3) is 3.92. The molecule has 96 valence electrons. The second kappa shape index (κ2) is 7.54. The van der Waals surface area contributed by atoms with Gasteiger partial charge in [0.25, 0.3) is 0 Å².